The van der Waals surface area contributed by atoms with Crippen molar-refractivity contribution in [3.63, 3.8) is 0 Å². The summed E-state index contributed by atoms with van der Waals surface area (Å²) in [5.74, 6) is 0. The largest absolute Gasteiger partial charge is 0.255 e. The maximum Gasteiger partial charge on any atom is 0.234 e. The van der Waals surface area contributed by atoms with Crippen LogP contribution in [0, 0.1) is 0 Å². The van der Waals surface area contributed by atoms with Crippen molar-refractivity contribution in [2.45, 2.75) is 39.3 Å². The summed E-state index contributed by atoms with van der Waals surface area (Å²) in [5.41, 5.74) is 0. The van der Waals surface area contributed by atoms with Crippen LogP contribution in [0.25, 0.3) is 0 Å². The Labute approximate surface area is 75.8 Å². The molecule has 0 unspecified atom stereocenters. The third kappa shape index (κ3) is 10.3. The third-order valence-corrected chi connectivity index (χ3v) is 1.73. The second-order valence-electron chi connectivity index (χ2n) is 4.53. The highest BCUT2D eigenvalue weighted by molar-refractivity contribution is 6.69. The molecular weight excluding hydrogens is 192 g/mol. The summed E-state index contributed by atoms with van der Waals surface area (Å²) in [7, 11) is -3.33. The zero-order chi connectivity index (χ0) is 9.83. The van der Waals surface area contributed by atoms with Crippen LogP contribution in [0.15, 0.2) is 0 Å². The molecule has 0 aliphatic heterocycles. The maximum absolute atomic E-state index is 4.94. The van der Waals surface area contributed by atoms with Crippen LogP contribution in [-0.4, -0.2) is 16.6 Å². The lowest BCUT2D eigenvalue weighted by atomic mass is 11.8. The van der Waals surface area contributed by atoms with E-state index in [1.165, 1.54) is 0 Å². The molecule has 0 rings (SSSR count). The van der Waals surface area contributed by atoms with Gasteiger partial charge in [-0.05, 0) is 49.4 Å². The molecule has 0 aliphatic carbocycles. The Morgan fingerprint density at radius 2 is 0.833 bits per heavy atom. The Balaban J connectivity index is 3.35. The van der Waals surface area contributed by atoms with Gasteiger partial charge in [-0.3, -0.25) is 9.15 Å². The zero-order valence-corrected chi connectivity index (χ0v) is 10.6. The Hall–Kier alpha value is 0.274. The average Bonchev–Trinajstić information content (AvgIpc) is 1.76. The summed E-state index contributed by atoms with van der Waals surface area (Å²) in [6.45, 7) is 11.9. The second kappa shape index (κ2) is 4.49. The highest BCUT2D eigenvalue weighted by atomic mass is 28.4. The summed E-state index contributed by atoms with van der Waals surface area (Å²) in [6, 6.07) is 0. The van der Waals surface area contributed by atoms with Crippen molar-refractivity contribution in [2.75, 3.05) is 0 Å². The van der Waals surface area contributed by atoms with Gasteiger partial charge in [-0.25, -0.2) is 0 Å². The molecule has 0 saturated heterocycles. The molecule has 74 valence electrons. The number of rotatable bonds is 5. The lowest BCUT2D eigenvalue weighted by Gasteiger charge is -2.16. The van der Waals surface area contributed by atoms with Gasteiger partial charge in [0.1, 0.15) is 0 Å². The minimum Gasteiger partial charge on any atom is -0.255 e. The van der Waals surface area contributed by atoms with Crippen LogP contribution in [0.4, 0.5) is 0 Å². The lowest BCUT2D eigenvalue weighted by Crippen LogP contribution is -2.29. The standard InChI is InChI=1S/C6H18O4Si2/c1-11(2,3)9-7-8-10-12(4,5)6/h1-6H3. The van der Waals surface area contributed by atoms with Gasteiger partial charge >= 0.3 is 0 Å². The molecular formula is C6H18O4Si2. The summed E-state index contributed by atoms with van der Waals surface area (Å²) in [4.78, 5) is 0. The Morgan fingerprint density at radius 1 is 0.583 bits per heavy atom. The molecule has 0 heterocycles. The van der Waals surface area contributed by atoms with Crippen molar-refractivity contribution in [3.05, 3.63) is 0 Å². The van der Waals surface area contributed by atoms with E-state index < -0.39 is 16.6 Å². The first kappa shape index (κ1) is 12.3. The minimum atomic E-state index is -1.67. The fraction of sp³-hybridized carbons (Fsp3) is 1.00. The van der Waals surface area contributed by atoms with Crippen molar-refractivity contribution >= 4 is 16.6 Å². The predicted octanol–water partition coefficient (Wildman–Crippen LogP) is 2.47. The quantitative estimate of drug-likeness (QED) is 0.302. The molecule has 0 aromatic heterocycles. The van der Waals surface area contributed by atoms with Crippen molar-refractivity contribution in [2.24, 2.45) is 0 Å². The van der Waals surface area contributed by atoms with Gasteiger partial charge in [-0.2, -0.15) is 0 Å². The van der Waals surface area contributed by atoms with Crippen molar-refractivity contribution in [3.8, 4) is 0 Å². The average molecular weight is 210 g/mol. The predicted molar refractivity (Wildman–Crippen MR) is 51.0 cm³/mol. The van der Waals surface area contributed by atoms with E-state index in [1.54, 1.807) is 0 Å². The van der Waals surface area contributed by atoms with E-state index >= 15 is 0 Å². The molecule has 0 aliphatic rings. The molecule has 0 saturated carbocycles. The molecule has 0 amide bonds. The molecule has 0 bridgehead atoms. The van der Waals surface area contributed by atoms with Crippen molar-refractivity contribution in [1.82, 2.24) is 0 Å². The van der Waals surface area contributed by atoms with E-state index in [1.807, 2.05) is 39.3 Å². The van der Waals surface area contributed by atoms with E-state index in [2.05, 4.69) is 10.1 Å². The van der Waals surface area contributed by atoms with E-state index in [4.69, 9.17) is 9.15 Å². The van der Waals surface area contributed by atoms with E-state index in [0.717, 1.165) is 0 Å². The molecule has 4 nitrogen and oxygen atoms in total. The third-order valence-electron chi connectivity index (χ3n) is 0.596. The van der Waals surface area contributed by atoms with Crippen molar-refractivity contribution in [1.29, 1.82) is 0 Å². The summed E-state index contributed by atoms with van der Waals surface area (Å²) in [6.07, 6.45) is 0. The second-order valence-corrected chi connectivity index (χ2v) is 13.3. The van der Waals surface area contributed by atoms with Gasteiger partial charge in [0.15, 0.2) is 0 Å². The molecule has 0 fully saturated rings. The van der Waals surface area contributed by atoms with Crippen LogP contribution in [0.3, 0.4) is 0 Å². The molecule has 0 aromatic carbocycles. The van der Waals surface area contributed by atoms with Crippen LogP contribution in [-0.2, 0) is 19.2 Å². The summed E-state index contributed by atoms with van der Waals surface area (Å²) < 4.78 is 9.88. The minimum absolute atomic E-state index is 1.67. The zero-order valence-electron chi connectivity index (χ0n) is 8.63. The summed E-state index contributed by atoms with van der Waals surface area (Å²) >= 11 is 0. The fourth-order valence-electron chi connectivity index (χ4n) is 0.232. The van der Waals surface area contributed by atoms with E-state index in [0.29, 0.717) is 0 Å². The Bertz CT molecular complexity index is 110. The number of hydrogen-bond acceptors (Lipinski definition) is 4. The molecule has 12 heavy (non-hydrogen) atoms. The molecule has 0 spiro atoms. The highest BCUT2D eigenvalue weighted by Crippen LogP contribution is 2.06. The number of hydrogen-bond donors (Lipinski definition) is 0. The first-order valence-corrected chi connectivity index (χ1v) is 10.7. The van der Waals surface area contributed by atoms with Gasteiger partial charge in [-0.1, -0.05) is 0 Å². The van der Waals surface area contributed by atoms with Gasteiger partial charge in [0.05, 0.1) is 0 Å². The van der Waals surface area contributed by atoms with Gasteiger partial charge in [0.2, 0.25) is 16.6 Å². The topological polar surface area (TPSA) is 36.9 Å². The van der Waals surface area contributed by atoms with Gasteiger partial charge in [0.25, 0.3) is 0 Å². The molecule has 0 radical (unpaired) electrons. The van der Waals surface area contributed by atoms with Crippen LogP contribution in [0.5, 0.6) is 0 Å². The molecule has 0 atom stereocenters. The normalized spacial score (nSPS) is 13.5. The highest BCUT2D eigenvalue weighted by Gasteiger charge is 2.20. The van der Waals surface area contributed by atoms with Crippen LogP contribution < -0.4 is 0 Å². The Morgan fingerprint density at radius 3 is 1.00 bits per heavy atom. The first-order valence-electron chi connectivity index (χ1n) is 3.91. The monoisotopic (exact) mass is 210 g/mol. The van der Waals surface area contributed by atoms with E-state index in [-0.39, 0.29) is 0 Å². The van der Waals surface area contributed by atoms with Crippen molar-refractivity contribution < 1.29 is 19.2 Å². The van der Waals surface area contributed by atoms with Gasteiger partial charge < -0.3 is 0 Å². The van der Waals surface area contributed by atoms with Crippen LogP contribution in [0.1, 0.15) is 0 Å². The van der Waals surface area contributed by atoms with Crippen LogP contribution >= 0.6 is 0 Å². The SMILES string of the molecule is C[Si](C)(C)OOOO[Si](C)(C)C. The van der Waals surface area contributed by atoms with Gasteiger partial charge in [-0.15, -0.1) is 0 Å². The smallest absolute Gasteiger partial charge is 0.234 e. The maximum atomic E-state index is 4.94. The first-order chi connectivity index (χ1) is 5.21. The molecule has 6 heteroatoms. The molecule has 0 aromatic rings. The summed E-state index contributed by atoms with van der Waals surface area (Å²) in [5, 5.41) is 8.90. The fourth-order valence-corrected chi connectivity index (χ4v) is 0.696. The Kier molecular flexibility index (Phi) is 4.60. The van der Waals surface area contributed by atoms with Gasteiger partial charge in [0, 0.05) is 0 Å². The van der Waals surface area contributed by atoms with E-state index in [9.17, 15) is 0 Å². The van der Waals surface area contributed by atoms with Crippen LogP contribution in [0.2, 0.25) is 39.3 Å². The molecule has 0 N–H and O–H groups in total. The lowest BCUT2D eigenvalue weighted by molar-refractivity contribution is -0.586.